The van der Waals surface area contributed by atoms with Crippen LogP contribution in [0.2, 0.25) is 5.02 Å². The first-order valence-electron chi connectivity index (χ1n) is 7.05. The summed E-state index contributed by atoms with van der Waals surface area (Å²) in [5.41, 5.74) is 1.94. The third-order valence-electron chi connectivity index (χ3n) is 3.38. The summed E-state index contributed by atoms with van der Waals surface area (Å²) < 4.78 is 9.92. The van der Waals surface area contributed by atoms with Crippen molar-refractivity contribution in [2.24, 2.45) is 0 Å². The number of carbonyl (C=O) groups excluding carboxylic acids is 2. The van der Waals surface area contributed by atoms with Crippen molar-refractivity contribution < 1.29 is 19.1 Å². The van der Waals surface area contributed by atoms with E-state index in [1.54, 1.807) is 49.6 Å². The van der Waals surface area contributed by atoms with Gasteiger partial charge in [-0.25, -0.2) is 4.79 Å². The van der Waals surface area contributed by atoms with Gasteiger partial charge in [0.25, 0.3) is 0 Å². The highest BCUT2D eigenvalue weighted by molar-refractivity contribution is 6.30. The van der Waals surface area contributed by atoms with Crippen LogP contribution in [0.15, 0.2) is 42.5 Å². The van der Waals surface area contributed by atoms with E-state index in [9.17, 15) is 9.59 Å². The Balaban J connectivity index is 2.11. The van der Waals surface area contributed by atoms with Crippen LogP contribution in [-0.4, -0.2) is 26.0 Å². The summed E-state index contributed by atoms with van der Waals surface area (Å²) in [5, 5.41) is 0.557. The molecular weight excluding hydrogens is 316 g/mol. The quantitative estimate of drug-likeness (QED) is 0.760. The van der Waals surface area contributed by atoms with Crippen molar-refractivity contribution >= 4 is 23.4 Å². The minimum Gasteiger partial charge on any atom is -0.496 e. The van der Waals surface area contributed by atoms with Gasteiger partial charge in [-0.2, -0.15) is 0 Å². The van der Waals surface area contributed by atoms with Gasteiger partial charge in [-0.3, -0.25) is 4.79 Å². The first-order valence-corrected chi connectivity index (χ1v) is 7.42. The van der Waals surface area contributed by atoms with E-state index in [-0.39, 0.29) is 18.6 Å². The number of rotatable bonds is 6. The fourth-order valence-corrected chi connectivity index (χ4v) is 2.51. The third kappa shape index (κ3) is 4.57. The maximum Gasteiger partial charge on any atom is 0.337 e. The molecule has 0 aliphatic rings. The van der Waals surface area contributed by atoms with Gasteiger partial charge in [0.15, 0.2) is 0 Å². The summed E-state index contributed by atoms with van der Waals surface area (Å²) in [6.07, 6.45) is 0.437. The van der Waals surface area contributed by atoms with Crippen molar-refractivity contribution in [1.82, 2.24) is 0 Å². The Bertz CT molecular complexity index is 725. The molecule has 5 heteroatoms. The molecular formula is C18H17ClO4. The summed E-state index contributed by atoms with van der Waals surface area (Å²) in [4.78, 5) is 23.8. The van der Waals surface area contributed by atoms with E-state index < -0.39 is 5.97 Å². The molecule has 0 heterocycles. The predicted molar refractivity (Wildman–Crippen MR) is 88.2 cm³/mol. The Morgan fingerprint density at radius 3 is 2.52 bits per heavy atom. The monoisotopic (exact) mass is 332 g/mol. The van der Waals surface area contributed by atoms with Gasteiger partial charge in [0, 0.05) is 23.4 Å². The Labute approximate surface area is 140 Å². The van der Waals surface area contributed by atoms with Crippen LogP contribution >= 0.6 is 11.6 Å². The lowest BCUT2D eigenvalue weighted by Gasteiger charge is -2.09. The zero-order valence-electron chi connectivity index (χ0n) is 13.0. The molecule has 0 unspecified atom stereocenters. The van der Waals surface area contributed by atoms with Gasteiger partial charge >= 0.3 is 5.97 Å². The molecule has 0 aromatic heterocycles. The number of hydrogen-bond acceptors (Lipinski definition) is 4. The lowest BCUT2D eigenvalue weighted by atomic mass is 10.0. The van der Waals surface area contributed by atoms with E-state index in [0.29, 0.717) is 16.3 Å². The van der Waals surface area contributed by atoms with Crippen LogP contribution in [0.3, 0.4) is 0 Å². The number of methoxy groups -OCH3 is 2. The second-order valence-electron chi connectivity index (χ2n) is 5.04. The molecule has 0 bridgehead atoms. The molecule has 0 saturated carbocycles. The van der Waals surface area contributed by atoms with Crippen LogP contribution in [-0.2, 0) is 22.4 Å². The molecule has 0 N–H and O–H groups in total. The van der Waals surface area contributed by atoms with Crippen LogP contribution < -0.4 is 4.74 Å². The maximum atomic E-state index is 12.3. The fourth-order valence-electron chi connectivity index (χ4n) is 2.31. The van der Waals surface area contributed by atoms with Crippen molar-refractivity contribution in [2.75, 3.05) is 14.2 Å². The SMILES string of the molecule is COC(=O)c1cccc(CC(=O)Cc2cc(Cl)ccc2OC)c1. The molecule has 0 fully saturated rings. The molecule has 0 aliphatic heterocycles. The summed E-state index contributed by atoms with van der Waals surface area (Å²) in [5.74, 6) is 0.217. The summed E-state index contributed by atoms with van der Waals surface area (Å²) in [6, 6.07) is 12.0. The molecule has 2 rings (SSSR count). The van der Waals surface area contributed by atoms with Crippen LogP contribution in [0, 0.1) is 0 Å². The molecule has 0 spiro atoms. The van der Waals surface area contributed by atoms with Gasteiger partial charge < -0.3 is 9.47 Å². The van der Waals surface area contributed by atoms with Gasteiger partial charge in [0.1, 0.15) is 11.5 Å². The van der Waals surface area contributed by atoms with Gasteiger partial charge in [-0.05, 0) is 35.9 Å². The maximum absolute atomic E-state index is 12.3. The predicted octanol–water partition coefficient (Wildman–Crippen LogP) is 3.49. The highest BCUT2D eigenvalue weighted by Gasteiger charge is 2.12. The topological polar surface area (TPSA) is 52.6 Å². The number of hydrogen-bond donors (Lipinski definition) is 0. The Kier molecular flexibility index (Phi) is 5.77. The molecule has 2 aromatic rings. The Hall–Kier alpha value is -2.33. The lowest BCUT2D eigenvalue weighted by molar-refractivity contribution is -0.117. The third-order valence-corrected chi connectivity index (χ3v) is 3.61. The van der Waals surface area contributed by atoms with E-state index in [0.717, 1.165) is 11.1 Å². The number of ether oxygens (including phenoxy) is 2. The minimum absolute atomic E-state index is 0.00702. The van der Waals surface area contributed by atoms with E-state index >= 15 is 0 Å². The molecule has 0 radical (unpaired) electrons. The molecule has 2 aromatic carbocycles. The van der Waals surface area contributed by atoms with E-state index in [2.05, 4.69) is 4.74 Å². The molecule has 0 amide bonds. The Morgan fingerprint density at radius 1 is 1.04 bits per heavy atom. The normalized spacial score (nSPS) is 10.2. The van der Waals surface area contributed by atoms with Gasteiger partial charge in [-0.15, -0.1) is 0 Å². The molecule has 0 saturated heterocycles. The minimum atomic E-state index is -0.421. The number of carbonyl (C=O) groups is 2. The first-order chi connectivity index (χ1) is 11.0. The van der Waals surface area contributed by atoms with E-state index in [1.165, 1.54) is 7.11 Å². The number of halogens is 1. The number of Topliss-reactive ketones (excluding diaryl/α,β-unsaturated/α-hetero) is 1. The number of esters is 1. The molecule has 120 valence electrons. The van der Waals surface area contributed by atoms with Crippen molar-refractivity contribution in [2.45, 2.75) is 12.8 Å². The standard InChI is InChI=1S/C18H17ClO4/c1-22-17-7-6-15(19)10-14(17)11-16(20)9-12-4-3-5-13(8-12)18(21)23-2/h3-8,10H,9,11H2,1-2H3. The highest BCUT2D eigenvalue weighted by Crippen LogP contribution is 2.23. The van der Waals surface area contributed by atoms with Gasteiger partial charge in [0.2, 0.25) is 0 Å². The van der Waals surface area contributed by atoms with Crippen molar-refractivity contribution in [3.05, 3.63) is 64.2 Å². The molecule has 0 atom stereocenters. The van der Waals surface area contributed by atoms with Crippen LogP contribution in [0.25, 0.3) is 0 Å². The van der Waals surface area contributed by atoms with Crippen LogP contribution in [0.1, 0.15) is 21.5 Å². The first kappa shape index (κ1) is 17.0. The number of benzene rings is 2. The number of ketones is 1. The second kappa shape index (κ2) is 7.79. The highest BCUT2D eigenvalue weighted by atomic mass is 35.5. The summed E-state index contributed by atoms with van der Waals surface area (Å²) in [7, 11) is 2.88. The van der Waals surface area contributed by atoms with Crippen molar-refractivity contribution in [1.29, 1.82) is 0 Å². The zero-order chi connectivity index (χ0) is 16.8. The smallest absolute Gasteiger partial charge is 0.337 e. The van der Waals surface area contributed by atoms with Gasteiger partial charge in [0.05, 0.1) is 19.8 Å². The molecule has 0 aliphatic carbocycles. The lowest BCUT2D eigenvalue weighted by Crippen LogP contribution is -2.09. The molecule has 4 nitrogen and oxygen atoms in total. The summed E-state index contributed by atoms with van der Waals surface area (Å²) >= 11 is 5.97. The van der Waals surface area contributed by atoms with Crippen LogP contribution in [0.5, 0.6) is 5.75 Å². The van der Waals surface area contributed by atoms with Gasteiger partial charge in [-0.1, -0.05) is 23.7 Å². The molecule has 23 heavy (non-hydrogen) atoms. The Morgan fingerprint density at radius 2 is 1.83 bits per heavy atom. The van der Waals surface area contributed by atoms with Crippen molar-refractivity contribution in [3.63, 3.8) is 0 Å². The average Bonchev–Trinajstić information content (AvgIpc) is 2.54. The van der Waals surface area contributed by atoms with Crippen LogP contribution in [0.4, 0.5) is 0 Å². The second-order valence-corrected chi connectivity index (χ2v) is 5.48. The zero-order valence-corrected chi connectivity index (χ0v) is 13.7. The fraction of sp³-hybridized carbons (Fsp3) is 0.222. The average molecular weight is 333 g/mol. The largest absolute Gasteiger partial charge is 0.496 e. The van der Waals surface area contributed by atoms with E-state index in [1.807, 2.05) is 0 Å². The summed E-state index contributed by atoms with van der Waals surface area (Å²) in [6.45, 7) is 0. The van der Waals surface area contributed by atoms with Crippen molar-refractivity contribution in [3.8, 4) is 5.75 Å². The van der Waals surface area contributed by atoms with E-state index in [4.69, 9.17) is 16.3 Å².